The van der Waals surface area contributed by atoms with Crippen LogP contribution in [0.25, 0.3) is 16.6 Å². The van der Waals surface area contributed by atoms with E-state index in [1.54, 1.807) is 0 Å². The molecule has 7 heteroatoms. The number of halogens is 1. The maximum absolute atomic E-state index is 13.2. The third-order valence-corrected chi connectivity index (χ3v) is 9.06. The summed E-state index contributed by atoms with van der Waals surface area (Å²) in [7, 11) is 0. The lowest BCUT2D eigenvalue weighted by molar-refractivity contribution is 0.0205. The molecular formula is C30H34BrN3O3. The van der Waals surface area contributed by atoms with Gasteiger partial charge in [-0.15, -0.1) is 0 Å². The Kier molecular flexibility index (Phi) is 5.98. The van der Waals surface area contributed by atoms with Gasteiger partial charge in [0.1, 0.15) is 11.4 Å². The van der Waals surface area contributed by atoms with Gasteiger partial charge in [-0.2, -0.15) is 4.98 Å². The highest BCUT2D eigenvalue weighted by atomic mass is 79.9. The number of piperidine rings is 1. The van der Waals surface area contributed by atoms with E-state index in [0.29, 0.717) is 24.4 Å². The maximum Gasteiger partial charge on any atom is 0.410 e. The van der Waals surface area contributed by atoms with Crippen molar-refractivity contribution in [1.29, 1.82) is 0 Å². The fourth-order valence-corrected chi connectivity index (χ4v) is 7.20. The molecule has 1 saturated carbocycles. The van der Waals surface area contributed by atoms with Crippen LogP contribution < -0.4 is 5.56 Å². The average Bonchev–Trinajstić information content (AvgIpc) is 3.12. The van der Waals surface area contributed by atoms with Gasteiger partial charge in [0.25, 0.3) is 5.56 Å². The molecular weight excluding hydrogens is 530 g/mol. The Morgan fingerprint density at radius 2 is 1.81 bits per heavy atom. The van der Waals surface area contributed by atoms with E-state index >= 15 is 0 Å². The molecule has 0 atom stereocenters. The van der Waals surface area contributed by atoms with Crippen LogP contribution in [0.3, 0.4) is 0 Å². The first-order chi connectivity index (χ1) is 17.7. The van der Waals surface area contributed by atoms with Crippen molar-refractivity contribution >= 4 is 32.9 Å². The monoisotopic (exact) mass is 563 g/mol. The molecule has 0 N–H and O–H groups in total. The normalized spacial score (nSPS) is 19.2. The van der Waals surface area contributed by atoms with E-state index in [2.05, 4.69) is 38.7 Å². The fourth-order valence-electron chi connectivity index (χ4n) is 6.67. The third kappa shape index (κ3) is 4.10. The molecule has 1 amide bonds. The number of hydrogen-bond donors (Lipinski definition) is 0. The number of carbonyl (C=O) groups is 1. The number of rotatable bonds is 1. The number of benzene rings is 2. The standard InChI is InChI=1S/C30H34BrN3O3/c1-29(2,3)37-28(36)33-16-12-19(13-17-33)20-10-11-21-24(18-20)34-23-9-7-8-22(31)25(23)26(35)32-27(34)30(21)14-5-4-6-15-30/h7-11,18-19H,4-6,12-17H2,1-3H3. The minimum absolute atomic E-state index is 0.152. The van der Waals surface area contributed by atoms with Crippen LogP contribution in [0, 0.1) is 0 Å². The third-order valence-electron chi connectivity index (χ3n) is 8.40. The number of fused-ring (bicyclic) bond motifs is 7. The Hall–Kier alpha value is -2.67. The van der Waals surface area contributed by atoms with Crippen LogP contribution in [0.1, 0.15) is 88.6 Å². The van der Waals surface area contributed by atoms with E-state index in [1.165, 1.54) is 23.2 Å². The van der Waals surface area contributed by atoms with Gasteiger partial charge in [-0.1, -0.05) is 37.5 Å². The molecule has 2 aromatic carbocycles. The van der Waals surface area contributed by atoms with Crippen molar-refractivity contribution in [3.8, 4) is 5.69 Å². The smallest absolute Gasteiger partial charge is 0.410 e. The van der Waals surface area contributed by atoms with Crippen molar-refractivity contribution in [3.63, 3.8) is 0 Å². The maximum atomic E-state index is 13.2. The average molecular weight is 565 g/mol. The van der Waals surface area contributed by atoms with Gasteiger partial charge in [-0.3, -0.25) is 9.36 Å². The predicted octanol–water partition coefficient (Wildman–Crippen LogP) is 6.83. The van der Waals surface area contributed by atoms with E-state index < -0.39 is 5.60 Å². The van der Waals surface area contributed by atoms with Gasteiger partial charge in [0.15, 0.2) is 0 Å². The SMILES string of the molecule is CC(C)(C)OC(=O)N1CCC(c2ccc3c(c2)-n2c(nc(=O)c4c(Br)cccc42)C32CCCCC2)CC1. The Labute approximate surface area is 226 Å². The van der Waals surface area contributed by atoms with Crippen molar-refractivity contribution in [1.82, 2.24) is 14.5 Å². The molecule has 1 spiro atoms. The van der Waals surface area contributed by atoms with Crippen LogP contribution in [0.2, 0.25) is 0 Å². The van der Waals surface area contributed by atoms with Crippen LogP contribution in [0.4, 0.5) is 4.79 Å². The first kappa shape index (κ1) is 24.7. The topological polar surface area (TPSA) is 64.4 Å². The van der Waals surface area contributed by atoms with Crippen molar-refractivity contribution in [2.45, 2.75) is 82.7 Å². The molecule has 3 aromatic rings. The highest BCUT2D eigenvalue weighted by Gasteiger charge is 2.46. The molecule has 6 nitrogen and oxygen atoms in total. The van der Waals surface area contributed by atoms with Crippen molar-refractivity contribution in [2.24, 2.45) is 0 Å². The van der Waals surface area contributed by atoms with E-state index in [1.807, 2.05) is 43.9 Å². The quantitative estimate of drug-likeness (QED) is 0.325. The fraction of sp³-hybridized carbons (Fsp3) is 0.500. The zero-order valence-electron chi connectivity index (χ0n) is 21.8. The van der Waals surface area contributed by atoms with Gasteiger partial charge in [0, 0.05) is 17.6 Å². The Balaban J connectivity index is 1.40. The number of carbonyl (C=O) groups excluding carboxylic acids is 1. The number of ether oxygens (including phenoxy) is 1. The number of amides is 1. The summed E-state index contributed by atoms with van der Waals surface area (Å²) < 4.78 is 8.64. The van der Waals surface area contributed by atoms with E-state index in [-0.39, 0.29) is 17.1 Å². The molecule has 37 heavy (non-hydrogen) atoms. The van der Waals surface area contributed by atoms with Crippen LogP contribution >= 0.6 is 15.9 Å². The van der Waals surface area contributed by atoms with Gasteiger partial charge >= 0.3 is 6.09 Å². The van der Waals surface area contributed by atoms with Crippen molar-refractivity contribution in [3.05, 3.63) is 68.2 Å². The van der Waals surface area contributed by atoms with E-state index in [9.17, 15) is 9.59 Å². The zero-order chi connectivity index (χ0) is 25.9. The van der Waals surface area contributed by atoms with Gasteiger partial charge in [-0.05, 0) is 97.6 Å². The highest BCUT2D eigenvalue weighted by Crippen LogP contribution is 2.52. The molecule has 2 aliphatic heterocycles. The summed E-state index contributed by atoms with van der Waals surface area (Å²) in [6.07, 6.45) is 7.18. The number of aromatic nitrogens is 2. The van der Waals surface area contributed by atoms with Gasteiger partial charge in [0.2, 0.25) is 0 Å². The van der Waals surface area contributed by atoms with Gasteiger partial charge in [0.05, 0.1) is 22.0 Å². The summed E-state index contributed by atoms with van der Waals surface area (Å²) in [5, 5.41) is 0.640. The Bertz CT molecular complexity index is 1440. The lowest BCUT2D eigenvalue weighted by Gasteiger charge is -2.34. The lowest BCUT2D eigenvalue weighted by atomic mass is 9.69. The molecule has 6 rings (SSSR count). The summed E-state index contributed by atoms with van der Waals surface area (Å²) in [6, 6.07) is 12.9. The van der Waals surface area contributed by atoms with Crippen LogP contribution in [0.5, 0.6) is 0 Å². The largest absolute Gasteiger partial charge is 0.444 e. The second kappa shape index (κ2) is 8.97. The van der Waals surface area contributed by atoms with Crippen LogP contribution in [0.15, 0.2) is 45.7 Å². The molecule has 1 aliphatic carbocycles. The Morgan fingerprint density at radius 3 is 2.51 bits per heavy atom. The number of nitrogens with zero attached hydrogens (tertiary/aromatic N) is 3. The summed E-state index contributed by atoms with van der Waals surface area (Å²) in [6.45, 7) is 7.11. The van der Waals surface area contributed by atoms with Gasteiger partial charge in [-0.25, -0.2) is 4.79 Å². The van der Waals surface area contributed by atoms with E-state index in [4.69, 9.17) is 9.72 Å². The molecule has 3 heterocycles. The summed E-state index contributed by atoms with van der Waals surface area (Å²) in [4.78, 5) is 32.4. The molecule has 0 radical (unpaired) electrons. The predicted molar refractivity (Wildman–Crippen MR) is 149 cm³/mol. The second-order valence-corrected chi connectivity index (χ2v) is 12.7. The highest BCUT2D eigenvalue weighted by molar-refractivity contribution is 9.10. The molecule has 194 valence electrons. The van der Waals surface area contributed by atoms with Crippen LogP contribution in [-0.2, 0) is 10.2 Å². The first-order valence-electron chi connectivity index (χ1n) is 13.5. The second-order valence-electron chi connectivity index (χ2n) is 11.9. The molecule has 0 bridgehead atoms. The number of likely N-dealkylation sites (tertiary alicyclic amines) is 1. The molecule has 1 saturated heterocycles. The molecule has 1 aromatic heterocycles. The minimum Gasteiger partial charge on any atom is -0.444 e. The van der Waals surface area contributed by atoms with E-state index in [0.717, 1.165) is 54.3 Å². The molecule has 2 fully saturated rings. The lowest BCUT2D eigenvalue weighted by Crippen LogP contribution is -2.41. The first-order valence-corrected chi connectivity index (χ1v) is 14.3. The van der Waals surface area contributed by atoms with Crippen molar-refractivity contribution in [2.75, 3.05) is 13.1 Å². The van der Waals surface area contributed by atoms with Gasteiger partial charge < -0.3 is 9.64 Å². The Morgan fingerprint density at radius 1 is 1.08 bits per heavy atom. The molecule has 3 aliphatic rings. The summed E-state index contributed by atoms with van der Waals surface area (Å²) >= 11 is 3.60. The zero-order valence-corrected chi connectivity index (χ0v) is 23.4. The minimum atomic E-state index is -0.483. The van der Waals surface area contributed by atoms with Crippen LogP contribution in [-0.4, -0.2) is 39.2 Å². The summed E-state index contributed by atoms with van der Waals surface area (Å²) in [5.74, 6) is 1.29. The molecule has 0 unspecified atom stereocenters. The summed E-state index contributed by atoms with van der Waals surface area (Å²) in [5.41, 5.74) is 3.86. The van der Waals surface area contributed by atoms with Crippen molar-refractivity contribution < 1.29 is 9.53 Å². The number of hydrogen-bond acceptors (Lipinski definition) is 4.